The highest BCUT2D eigenvalue weighted by atomic mass is 16.6. The monoisotopic (exact) mass is 403 g/mol. The Labute approximate surface area is 171 Å². The van der Waals surface area contributed by atoms with E-state index in [0.29, 0.717) is 6.54 Å². The molecule has 2 heterocycles. The Hall–Kier alpha value is -4.34. The minimum absolute atomic E-state index is 0.212. The van der Waals surface area contributed by atoms with Crippen LogP contribution in [0.2, 0.25) is 0 Å². The van der Waals surface area contributed by atoms with Gasteiger partial charge in [-0.25, -0.2) is 14.3 Å². The molecule has 1 amide bonds. The number of carbonyl (C=O) groups excluding carboxylic acids is 1. The van der Waals surface area contributed by atoms with E-state index in [4.69, 9.17) is 0 Å². The summed E-state index contributed by atoms with van der Waals surface area (Å²) in [4.78, 5) is 29.1. The summed E-state index contributed by atoms with van der Waals surface area (Å²) in [6.45, 7) is 0.310. The van der Waals surface area contributed by atoms with Gasteiger partial charge in [-0.05, 0) is 24.3 Å². The van der Waals surface area contributed by atoms with E-state index < -0.39 is 4.92 Å². The average Bonchev–Trinajstić information content (AvgIpc) is 3.46. The van der Waals surface area contributed by atoms with Crippen molar-refractivity contribution in [1.29, 1.82) is 0 Å². The standard InChI is InChI=1S/C20H17N7O3/c1-24(11-15-10-22-25(12-15)17-5-3-2-4-6-17)20(28)16-7-8-18(19(9-16)27(29)30)26-14-21-13-23-26/h2-10,12-14H,11H2,1H3. The first-order valence-electron chi connectivity index (χ1n) is 9.01. The fraction of sp³-hybridized carbons (Fsp3) is 0.100. The van der Waals surface area contributed by atoms with Crippen molar-refractivity contribution < 1.29 is 9.72 Å². The van der Waals surface area contributed by atoms with E-state index in [1.54, 1.807) is 17.9 Å². The zero-order chi connectivity index (χ0) is 21.1. The normalized spacial score (nSPS) is 10.7. The number of amides is 1. The van der Waals surface area contributed by atoms with E-state index in [2.05, 4.69) is 15.2 Å². The number of rotatable bonds is 6. The smallest absolute Gasteiger partial charge is 0.295 e. The van der Waals surface area contributed by atoms with Crippen molar-refractivity contribution in [2.45, 2.75) is 6.54 Å². The van der Waals surface area contributed by atoms with Crippen molar-refractivity contribution in [3.05, 3.63) is 94.8 Å². The SMILES string of the molecule is CN(Cc1cnn(-c2ccccc2)c1)C(=O)c1ccc(-n2cncn2)c([N+](=O)[O-])c1. The Morgan fingerprint density at radius 3 is 2.63 bits per heavy atom. The van der Waals surface area contributed by atoms with Gasteiger partial charge in [0.25, 0.3) is 11.6 Å². The highest BCUT2D eigenvalue weighted by molar-refractivity contribution is 5.95. The molecule has 10 nitrogen and oxygen atoms in total. The van der Waals surface area contributed by atoms with Crippen molar-refractivity contribution in [1.82, 2.24) is 29.4 Å². The number of nitrogens with zero attached hydrogens (tertiary/aromatic N) is 7. The Morgan fingerprint density at radius 1 is 1.13 bits per heavy atom. The molecule has 0 atom stereocenters. The van der Waals surface area contributed by atoms with Crippen molar-refractivity contribution >= 4 is 11.6 Å². The number of benzene rings is 2. The van der Waals surface area contributed by atoms with Gasteiger partial charge in [0.1, 0.15) is 18.3 Å². The number of carbonyl (C=O) groups is 1. The molecule has 4 aromatic rings. The third kappa shape index (κ3) is 3.78. The number of aromatic nitrogens is 5. The van der Waals surface area contributed by atoms with Gasteiger partial charge < -0.3 is 4.90 Å². The molecule has 30 heavy (non-hydrogen) atoms. The fourth-order valence-electron chi connectivity index (χ4n) is 3.06. The van der Waals surface area contributed by atoms with Crippen LogP contribution < -0.4 is 0 Å². The number of hydrogen-bond acceptors (Lipinski definition) is 6. The van der Waals surface area contributed by atoms with Gasteiger partial charge >= 0.3 is 0 Å². The summed E-state index contributed by atoms with van der Waals surface area (Å²) in [7, 11) is 1.64. The first-order chi connectivity index (χ1) is 14.5. The van der Waals surface area contributed by atoms with E-state index in [1.165, 1.54) is 40.4 Å². The van der Waals surface area contributed by atoms with Crippen molar-refractivity contribution in [2.24, 2.45) is 0 Å². The van der Waals surface area contributed by atoms with Crippen LogP contribution in [0, 0.1) is 10.1 Å². The highest BCUT2D eigenvalue weighted by Gasteiger charge is 2.21. The molecule has 150 valence electrons. The zero-order valence-electron chi connectivity index (χ0n) is 16.0. The topological polar surface area (TPSA) is 112 Å². The number of para-hydroxylation sites is 1. The van der Waals surface area contributed by atoms with Crippen LogP contribution in [0.3, 0.4) is 0 Å². The van der Waals surface area contributed by atoms with Gasteiger partial charge in [0, 0.05) is 37.0 Å². The van der Waals surface area contributed by atoms with Gasteiger partial charge in [-0.15, -0.1) is 0 Å². The molecule has 2 aromatic heterocycles. The highest BCUT2D eigenvalue weighted by Crippen LogP contribution is 2.24. The lowest BCUT2D eigenvalue weighted by Gasteiger charge is -2.16. The number of hydrogen-bond donors (Lipinski definition) is 0. The van der Waals surface area contributed by atoms with Crippen LogP contribution in [0.25, 0.3) is 11.4 Å². The second-order valence-electron chi connectivity index (χ2n) is 6.59. The molecule has 0 aliphatic heterocycles. The third-order valence-electron chi connectivity index (χ3n) is 4.51. The Kier molecular flexibility index (Phi) is 5.04. The Bertz CT molecular complexity index is 1190. The molecular formula is C20H17N7O3. The summed E-state index contributed by atoms with van der Waals surface area (Å²) in [5.41, 5.74) is 1.97. The molecule has 2 aromatic carbocycles. The minimum Gasteiger partial charge on any atom is -0.337 e. The second-order valence-corrected chi connectivity index (χ2v) is 6.59. The quantitative estimate of drug-likeness (QED) is 0.361. The lowest BCUT2D eigenvalue weighted by molar-refractivity contribution is -0.384. The molecule has 0 radical (unpaired) electrons. The molecule has 10 heteroatoms. The van der Waals surface area contributed by atoms with Crippen LogP contribution >= 0.6 is 0 Å². The minimum atomic E-state index is -0.544. The molecule has 0 bridgehead atoms. The summed E-state index contributed by atoms with van der Waals surface area (Å²) in [5, 5.41) is 19.7. The number of nitro groups is 1. The van der Waals surface area contributed by atoms with E-state index in [9.17, 15) is 14.9 Å². The van der Waals surface area contributed by atoms with Crippen LogP contribution in [0.1, 0.15) is 15.9 Å². The fourth-order valence-corrected chi connectivity index (χ4v) is 3.06. The van der Waals surface area contributed by atoms with E-state index in [-0.39, 0.29) is 22.8 Å². The molecule has 0 saturated carbocycles. The average molecular weight is 403 g/mol. The summed E-state index contributed by atoms with van der Waals surface area (Å²) in [6, 6.07) is 13.9. The summed E-state index contributed by atoms with van der Waals surface area (Å²) < 4.78 is 3.01. The predicted molar refractivity (Wildman–Crippen MR) is 107 cm³/mol. The summed E-state index contributed by atoms with van der Waals surface area (Å²) in [6.07, 6.45) is 6.18. The number of nitro benzene ring substituents is 1. The molecule has 0 aliphatic rings. The Balaban J connectivity index is 1.54. The first kappa shape index (κ1) is 19.0. The molecule has 0 unspecified atom stereocenters. The van der Waals surface area contributed by atoms with E-state index in [0.717, 1.165) is 11.3 Å². The maximum atomic E-state index is 12.8. The predicted octanol–water partition coefficient (Wildman–Crippen LogP) is 2.63. The van der Waals surface area contributed by atoms with Gasteiger partial charge in [0.2, 0.25) is 0 Å². The van der Waals surface area contributed by atoms with Crippen molar-refractivity contribution in [3.8, 4) is 11.4 Å². The molecule has 4 rings (SSSR count). The maximum Gasteiger partial charge on any atom is 0.295 e. The van der Waals surface area contributed by atoms with Gasteiger partial charge in [-0.1, -0.05) is 18.2 Å². The second kappa shape index (κ2) is 7.95. The van der Waals surface area contributed by atoms with Gasteiger partial charge in [-0.2, -0.15) is 10.2 Å². The lowest BCUT2D eigenvalue weighted by atomic mass is 10.1. The molecule has 0 aliphatic carbocycles. The maximum absolute atomic E-state index is 12.8. The van der Waals surface area contributed by atoms with Gasteiger partial charge in [0.05, 0.1) is 16.8 Å². The zero-order valence-corrected chi connectivity index (χ0v) is 16.0. The molecular weight excluding hydrogens is 386 g/mol. The van der Waals surface area contributed by atoms with Crippen LogP contribution in [0.15, 0.2) is 73.6 Å². The van der Waals surface area contributed by atoms with E-state index >= 15 is 0 Å². The molecule has 0 fully saturated rings. The van der Waals surface area contributed by atoms with Crippen LogP contribution in [0.4, 0.5) is 5.69 Å². The summed E-state index contributed by atoms with van der Waals surface area (Å²) in [5.74, 6) is -0.337. The molecule has 0 saturated heterocycles. The largest absolute Gasteiger partial charge is 0.337 e. The lowest BCUT2D eigenvalue weighted by Crippen LogP contribution is -2.26. The molecule has 0 spiro atoms. The van der Waals surface area contributed by atoms with Crippen LogP contribution in [-0.4, -0.2) is 47.3 Å². The van der Waals surface area contributed by atoms with Gasteiger partial charge in [-0.3, -0.25) is 14.9 Å². The van der Waals surface area contributed by atoms with Crippen molar-refractivity contribution in [2.75, 3.05) is 7.05 Å². The van der Waals surface area contributed by atoms with Crippen LogP contribution in [-0.2, 0) is 6.54 Å². The Morgan fingerprint density at radius 2 is 1.93 bits per heavy atom. The van der Waals surface area contributed by atoms with Gasteiger partial charge in [0.15, 0.2) is 0 Å². The third-order valence-corrected chi connectivity index (χ3v) is 4.51. The van der Waals surface area contributed by atoms with E-state index in [1.807, 2.05) is 36.5 Å². The first-order valence-corrected chi connectivity index (χ1v) is 9.01. The molecule has 0 N–H and O–H groups in total. The van der Waals surface area contributed by atoms with Crippen molar-refractivity contribution in [3.63, 3.8) is 0 Å². The van der Waals surface area contributed by atoms with Crippen LogP contribution in [0.5, 0.6) is 0 Å². The summed E-state index contributed by atoms with van der Waals surface area (Å²) >= 11 is 0.